The molecule has 0 bridgehead atoms. The number of ether oxygens (including phenoxy) is 2. The molecule has 3 heterocycles. The van der Waals surface area contributed by atoms with Gasteiger partial charge in [-0.25, -0.2) is 0 Å². The average molecular weight is 319 g/mol. The molecule has 0 radical (unpaired) electrons. The van der Waals surface area contributed by atoms with Gasteiger partial charge in [-0.2, -0.15) is 5.10 Å². The third-order valence-electron chi connectivity index (χ3n) is 3.80. The quantitative estimate of drug-likeness (QED) is 0.872. The Hall–Kier alpha value is -2.12. The van der Waals surface area contributed by atoms with E-state index >= 15 is 0 Å². The number of aryl methyl sites for hydroxylation is 1. The lowest BCUT2D eigenvalue weighted by Crippen LogP contribution is -2.31. The summed E-state index contributed by atoms with van der Waals surface area (Å²) in [6, 6.07) is 3.43. The van der Waals surface area contributed by atoms with Gasteiger partial charge in [-0.15, -0.1) is 0 Å². The summed E-state index contributed by atoms with van der Waals surface area (Å²) in [6.45, 7) is 4.12. The number of aromatic nitrogens is 2. The number of rotatable bonds is 6. The predicted octanol–water partition coefficient (Wildman–Crippen LogP) is 1.47. The third-order valence-corrected chi connectivity index (χ3v) is 3.80. The largest absolute Gasteiger partial charge is 0.456 e. The fourth-order valence-corrected chi connectivity index (χ4v) is 2.62. The van der Waals surface area contributed by atoms with Gasteiger partial charge in [-0.3, -0.25) is 9.48 Å². The zero-order chi connectivity index (χ0) is 16.2. The number of nitrogens with one attached hydrogen (secondary N) is 1. The number of methoxy groups -OCH3 is 1. The molecule has 2 aromatic heterocycles. The molecule has 7 nitrogen and oxygen atoms in total. The van der Waals surface area contributed by atoms with E-state index in [0.717, 1.165) is 12.1 Å². The van der Waals surface area contributed by atoms with Crippen LogP contribution in [0.25, 0.3) is 0 Å². The summed E-state index contributed by atoms with van der Waals surface area (Å²) in [4.78, 5) is 12.1. The van der Waals surface area contributed by atoms with Crippen LogP contribution in [0.15, 0.2) is 22.7 Å². The maximum Gasteiger partial charge on any atom is 0.287 e. The molecule has 0 aromatic carbocycles. The highest BCUT2D eigenvalue weighted by molar-refractivity contribution is 5.91. The molecule has 3 rings (SSSR count). The molecule has 7 heteroatoms. The molecule has 1 amide bonds. The number of furan rings is 1. The number of carbonyl (C=O) groups is 1. The molecule has 0 aliphatic carbocycles. The van der Waals surface area contributed by atoms with Crippen molar-refractivity contribution < 1.29 is 18.7 Å². The topological polar surface area (TPSA) is 78.5 Å². The van der Waals surface area contributed by atoms with E-state index in [1.54, 1.807) is 26.2 Å². The Morgan fingerprint density at radius 3 is 3.13 bits per heavy atom. The van der Waals surface area contributed by atoms with Crippen LogP contribution in [0.5, 0.6) is 0 Å². The number of carbonyl (C=O) groups excluding carboxylic acids is 1. The van der Waals surface area contributed by atoms with E-state index in [-0.39, 0.29) is 12.0 Å². The highest BCUT2D eigenvalue weighted by Crippen LogP contribution is 2.25. The van der Waals surface area contributed by atoms with Crippen LogP contribution < -0.4 is 5.32 Å². The van der Waals surface area contributed by atoms with Gasteiger partial charge in [0.15, 0.2) is 5.76 Å². The first-order chi connectivity index (χ1) is 11.2. The third kappa shape index (κ3) is 3.62. The van der Waals surface area contributed by atoms with Crippen molar-refractivity contribution in [2.75, 3.05) is 26.9 Å². The fraction of sp³-hybridized carbons (Fsp3) is 0.500. The molecule has 0 saturated carbocycles. The van der Waals surface area contributed by atoms with Gasteiger partial charge in [-0.05, 0) is 31.0 Å². The smallest absolute Gasteiger partial charge is 0.287 e. The summed E-state index contributed by atoms with van der Waals surface area (Å²) in [5, 5.41) is 7.41. The molecule has 2 aromatic rings. The summed E-state index contributed by atoms with van der Waals surface area (Å²) in [5.41, 5.74) is 2.06. The van der Waals surface area contributed by atoms with Crippen molar-refractivity contribution in [1.29, 1.82) is 0 Å². The Morgan fingerprint density at radius 1 is 1.52 bits per heavy atom. The van der Waals surface area contributed by atoms with Gasteiger partial charge >= 0.3 is 0 Å². The summed E-state index contributed by atoms with van der Waals surface area (Å²) in [5.74, 6) is 0.778. The number of fused-ring (bicyclic) bond motifs is 1. The summed E-state index contributed by atoms with van der Waals surface area (Å²) < 4.78 is 18.0. The number of amides is 1. The second-order valence-corrected chi connectivity index (χ2v) is 5.53. The minimum absolute atomic E-state index is 0.234. The van der Waals surface area contributed by atoms with Gasteiger partial charge in [0.25, 0.3) is 5.91 Å². The fourth-order valence-electron chi connectivity index (χ4n) is 2.62. The SMILES string of the molecule is COCCn1cc2c(n1)[C@@H](CNC(=O)c1ccc(C)o1)OCC2. The zero-order valence-electron chi connectivity index (χ0n) is 13.4. The summed E-state index contributed by atoms with van der Waals surface area (Å²) in [6.07, 6.45) is 2.63. The Kier molecular flexibility index (Phi) is 4.78. The first-order valence-electron chi connectivity index (χ1n) is 7.69. The number of hydrogen-bond acceptors (Lipinski definition) is 5. The summed E-state index contributed by atoms with van der Waals surface area (Å²) in [7, 11) is 1.67. The van der Waals surface area contributed by atoms with Crippen LogP contribution in [0.4, 0.5) is 0 Å². The average Bonchev–Trinajstić information content (AvgIpc) is 3.16. The van der Waals surface area contributed by atoms with Gasteiger partial charge in [0.2, 0.25) is 0 Å². The molecule has 0 unspecified atom stereocenters. The second-order valence-electron chi connectivity index (χ2n) is 5.53. The van der Waals surface area contributed by atoms with Gasteiger partial charge in [0, 0.05) is 19.9 Å². The van der Waals surface area contributed by atoms with E-state index in [0.29, 0.717) is 37.8 Å². The van der Waals surface area contributed by atoms with Crippen molar-refractivity contribution in [3.05, 3.63) is 41.1 Å². The van der Waals surface area contributed by atoms with Crippen LogP contribution in [0.2, 0.25) is 0 Å². The van der Waals surface area contributed by atoms with Crippen molar-refractivity contribution in [3.8, 4) is 0 Å². The van der Waals surface area contributed by atoms with Crippen LogP contribution >= 0.6 is 0 Å². The van der Waals surface area contributed by atoms with Crippen molar-refractivity contribution in [2.24, 2.45) is 0 Å². The van der Waals surface area contributed by atoms with E-state index < -0.39 is 0 Å². The van der Waals surface area contributed by atoms with E-state index in [1.807, 2.05) is 10.9 Å². The molecule has 1 atom stereocenters. The van der Waals surface area contributed by atoms with Crippen molar-refractivity contribution in [2.45, 2.75) is 26.0 Å². The first-order valence-corrected chi connectivity index (χ1v) is 7.69. The molecule has 0 spiro atoms. The maximum absolute atomic E-state index is 12.1. The van der Waals surface area contributed by atoms with E-state index in [4.69, 9.17) is 13.9 Å². The van der Waals surface area contributed by atoms with E-state index in [9.17, 15) is 4.79 Å². The molecule has 1 aliphatic rings. The lowest BCUT2D eigenvalue weighted by Gasteiger charge is -2.22. The normalized spacial score (nSPS) is 17.0. The monoisotopic (exact) mass is 319 g/mol. The zero-order valence-corrected chi connectivity index (χ0v) is 13.4. The standard InChI is InChI=1S/C16H21N3O4/c1-11-3-4-13(23-11)16(20)17-9-14-15-12(5-7-22-14)10-19(18-15)6-8-21-2/h3-4,10,14H,5-9H2,1-2H3,(H,17,20)/t14-/m1/s1. The molecule has 1 aliphatic heterocycles. The Labute approximate surface area is 134 Å². The second kappa shape index (κ2) is 6.97. The Bertz CT molecular complexity index is 677. The predicted molar refractivity (Wildman–Crippen MR) is 82.3 cm³/mol. The maximum atomic E-state index is 12.1. The molecule has 124 valence electrons. The van der Waals surface area contributed by atoms with Crippen LogP contribution in [-0.2, 0) is 22.4 Å². The van der Waals surface area contributed by atoms with Crippen molar-refractivity contribution in [3.63, 3.8) is 0 Å². The molecule has 0 saturated heterocycles. The molecule has 1 N–H and O–H groups in total. The molecule has 23 heavy (non-hydrogen) atoms. The molecular formula is C16H21N3O4. The van der Waals surface area contributed by atoms with Gasteiger partial charge in [0.1, 0.15) is 11.9 Å². The van der Waals surface area contributed by atoms with Crippen LogP contribution in [-0.4, -0.2) is 42.6 Å². The molecular weight excluding hydrogens is 298 g/mol. The summed E-state index contributed by atoms with van der Waals surface area (Å²) >= 11 is 0. The van der Waals surface area contributed by atoms with E-state index in [1.165, 1.54) is 5.56 Å². The Morgan fingerprint density at radius 2 is 2.39 bits per heavy atom. The minimum Gasteiger partial charge on any atom is -0.456 e. The van der Waals surface area contributed by atoms with Crippen LogP contribution in [0.1, 0.15) is 33.7 Å². The van der Waals surface area contributed by atoms with Crippen LogP contribution in [0, 0.1) is 6.92 Å². The Balaban J connectivity index is 1.63. The molecule has 0 fully saturated rings. The lowest BCUT2D eigenvalue weighted by molar-refractivity contribution is 0.0379. The lowest BCUT2D eigenvalue weighted by atomic mass is 10.1. The van der Waals surface area contributed by atoms with Crippen molar-refractivity contribution in [1.82, 2.24) is 15.1 Å². The van der Waals surface area contributed by atoms with Gasteiger partial charge in [0.05, 0.1) is 25.5 Å². The minimum atomic E-state index is -0.243. The van der Waals surface area contributed by atoms with E-state index in [2.05, 4.69) is 10.4 Å². The van der Waals surface area contributed by atoms with Gasteiger partial charge in [-0.1, -0.05) is 0 Å². The van der Waals surface area contributed by atoms with Crippen LogP contribution in [0.3, 0.4) is 0 Å². The number of hydrogen-bond donors (Lipinski definition) is 1. The van der Waals surface area contributed by atoms with Crippen molar-refractivity contribution >= 4 is 5.91 Å². The first kappa shape index (κ1) is 15.8. The highest BCUT2D eigenvalue weighted by Gasteiger charge is 2.25. The highest BCUT2D eigenvalue weighted by atomic mass is 16.5. The van der Waals surface area contributed by atoms with Gasteiger partial charge < -0.3 is 19.2 Å². The number of nitrogens with zero attached hydrogens (tertiary/aromatic N) is 2.